The van der Waals surface area contributed by atoms with Crippen molar-refractivity contribution in [2.75, 3.05) is 13.1 Å². The van der Waals surface area contributed by atoms with Crippen LogP contribution in [0.3, 0.4) is 0 Å². The summed E-state index contributed by atoms with van der Waals surface area (Å²) in [5, 5.41) is 9.12. The van der Waals surface area contributed by atoms with Gasteiger partial charge in [0.25, 0.3) is 5.91 Å². The Hall–Kier alpha value is -2.67. The van der Waals surface area contributed by atoms with Crippen LogP contribution in [-0.2, 0) is 0 Å². The molecule has 1 atom stereocenters. The Balaban J connectivity index is 1.48. The Morgan fingerprint density at radius 1 is 1.25 bits per heavy atom. The summed E-state index contributed by atoms with van der Waals surface area (Å²) in [7, 11) is 0. The summed E-state index contributed by atoms with van der Waals surface area (Å²) >= 11 is 5.91. The third kappa shape index (κ3) is 2.78. The molecule has 0 N–H and O–H groups in total. The predicted molar refractivity (Wildman–Crippen MR) is 88.2 cm³/mol. The van der Waals surface area contributed by atoms with Crippen molar-refractivity contribution in [3.63, 3.8) is 0 Å². The average molecular weight is 343 g/mol. The van der Waals surface area contributed by atoms with Crippen molar-refractivity contribution in [1.82, 2.24) is 29.4 Å². The first-order valence-electron chi connectivity index (χ1n) is 7.67. The van der Waals surface area contributed by atoms with Crippen molar-refractivity contribution in [2.45, 2.75) is 12.5 Å². The molecule has 1 aliphatic rings. The highest BCUT2D eigenvalue weighted by atomic mass is 35.5. The maximum absolute atomic E-state index is 12.6. The van der Waals surface area contributed by atoms with E-state index in [2.05, 4.69) is 15.2 Å². The Labute approximate surface area is 143 Å². The molecule has 122 valence electrons. The van der Waals surface area contributed by atoms with Gasteiger partial charge in [0.1, 0.15) is 6.33 Å². The molecule has 4 rings (SSSR count). The second-order valence-electron chi connectivity index (χ2n) is 5.68. The van der Waals surface area contributed by atoms with Crippen LogP contribution in [0.4, 0.5) is 0 Å². The molecule has 0 aliphatic carbocycles. The van der Waals surface area contributed by atoms with E-state index < -0.39 is 0 Å². The van der Waals surface area contributed by atoms with E-state index in [-0.39, 0.29) is 17.8 Å². The van der Waals surface area contributed by atoms with Gasteiger partial charge in [-0.05, 0) is 18.6 Å². The van der Waals surface area contributed by atoms with Crippen molar-refractivity contribution < 1.29 is 4.79 Å². The van der Waals surface area contributed by atoms with E-state index >= 15 is 0 Å². The number of carbonyl (C=O) groups is 1. The van der Waals surface area contributed by atoms with E-state index in [1.165, 1.54) is 0 Å². The SMILES string of the molecule is O=C(c1ncn(-c2ccccc2)n1)N1CCC(n2cc(Cl)cn2)C1. The highest BCUT2D eigenvalue weighted by Gasteiger charge is 2.30. The van der Waals surface area contributed by atoms with Crippen LogP contribution in [0, 0.1) is 0 Å². The molecule has 3 heterocycles. The molecule has 1 aromatic carbocycles. The molecule has 8 heteroatoms. The summed E-state index contributed by atoms with van der Waals surface area (Å²) in [4.78, 5) is 18.5. The molecular formula is C16H15ClN6O. The minimum Gasteiger partial charge on any atom is -0.334 e. The number of aromatic nitrogens is 5. The summed E-state index contributed by atoms with van der Waals surface area (Å²) in [6, 6.07) is 9.72. The lowest BCUT2D eigenvalue weighted by atomic mass is 10.3. The van der Waals surface area contributed by atoms with Crippen molar-refractivity contribution >= 4 is 17.5 Å². The quantitative estimate of drug-likeness (QED) is 0.731. The first kappa shape index (κ1) is 14.9. The molecule has 1 unspecified atom stereocenters. The Morgan fingerprint density at radius 2 is 2.08 bits per heavy atom. The molecular weight excluding hydrogens is 328 g/mol. The summed E-state index contributed by atoms with van der Waals surface area (Å²) in [6.45, 7) is 1.23. The molecule has 1 amide bonds. The molecule has 7 nitrogen and oxygen atoms in total. The average Bonchev–Trinajstić information content (AvgIpc) is 3.35. The smallest absolute Gasteiger partial charge is 0.293 e. The third-order valence-corrected chi connectivity index (χ3v) is 4.29. The van der Waals surface area contributed by atoms with Gasteiger partial charge in [0.15, 0.2) is 0 Å². The number of likely N-dealkylation sites (tertiary alicyclic amines) is 1. The van der Waals surface area contributed by atoms with Gasteiger partial charge < -0.3 is 4.90 Å². The van der Waals surface area contributed by atoms with Crippen LogP contribution in [0.25, 0.3) is 5.69 Å². The molecule has 1 saturated heterocycles. The highest BCUT2D eigenvalue weighted by molar-refractivity contribution is 6.30. The summed E-state index contributed by atoms with van der Waals surface area (Å²) < 4.78 is 3.42. The molecule has 0 spiro atoms. The Bertz CT molecular complexity index is 858. The monoisotopic (exact) mass is 342 g/mol. The third-order valence-electron chi connectivity index (χ3n) is 4.10. The van der Waals surface area contributed by atoms with Gasteiger partial charge in [0.05, 0.1) is 22.9 Å². The molecule has 0 radical (unpaired) electrons. The topological polar surface area (TPSA) is 68.8 Å². The molecule has 0 bridgehead atoms. The van der Waals surface area contributed by atoms with Gasteiger partial charge in [-0.2, -0.15) is 5.10 Å². The number of rotatable bonds is 3. The predicted octanol–water partition coefficient (Wildman–Crippen LogP) is 2.20. The first-order valence-corrected chi connectivity index (χ1v) is 8.04. The molecule has 3 aromatic rings. The zero-order valence-electron chi connectivity index (χ0n) is 12.8. The van der Waals surface area contributed by atoms with Gasteiger partial charge in [0, 0.05) is 19.3 Å². The largest absolute Gasteiger partial charge is 0.334 e. The van der Waals surface area contributed by atoms with Crippen LogP contribution in [-0.4, -0.2) is 48.4 Å². The van der Waals surface area contributed by atoms with E-state index in [9.17, 15) is 4.79 Å². The molecule has 2 aromatic heterocycles. The standard InChI is InChI=1S/C16H15ClN6O/c17-12-8-19-22(9-12)14-6-7-21(10-14)16(24)15-18-11-23(20-15)13-4-2-1-3-5-13/h1-5,8-9,11,14H,6-7,10H2. The van der Waals surface area contributed by atoms with Crippen LogP contribution in [0.2, 0.25) is 5.02 Å². The van der Waals surface area contributed by atoms with Crippen LogP contribution in [0.15, 0.2) is 49.1 Å². The van der Waals surface area contributed by atoms with Crippen LogP contribution in [0.5, 0.6) is 0 Å². The number of carbonyl (C=O) groups excluding carboxylic acids is 1. The second kappa shape index (κ2) is 6.09. The zero-order valence-corrected chi connectivity index (χ0v) is 13.5. The highest BCUT2D eigenvalue weighted by Crippen LogP contribution is 2.23. The lowest BCUT2D eigenvalue weighted by molar-refractivity contribution is 0.0775. The fourth-order valence-corrected chi connectivity index (χ4v) is 3.01. The van der Waals surface area contributed by atoms with Gasteiger partial charge in [-0.25, -0.2) is 9.67 Å². The lowest BCUT2D eigenvalue weighted by Gasteiger charge is -2.14. The maximum atomic E-state index is 12.6. The zero-order chi connectivity index (χ0) is 16.5. The number of hydrogen-bond donors (Lipinski definition) is 0. The lowest BCUT2D eigenvalue weighted by Crippen LogP contribution is -2.30. The van der Waals surface area contributed by atoms with Gasteiger partial charge >= 0.3 is 0 Å². The van der Waals surface area contributed by atoms with E-state index in [1.54, 1.807) is 28.3 Å². The number of halogens is 1. The number of para-hydroxylation sites is 1. The maximum Gasteiger partial charge on any atom is 0.293 e. The summed E-state index contributed by atoms with van der Waals surface area (Å²) in [6.07, 6.45) is 5.78. The minimum atomic E-state index is -0.162. The number of nitrogens with zero attached hydrogens (tertiary/aromatic N) is 6. The molecule has 1 aliphatic heterocycles. The first-order chi connectivity index (χ1) is 11.7. The van der Waals surface area contributed by atoms with Gasteiger partial charge in [-0.1, -0.05) is 29.8 Å². The fourth-order valence-electron chi connectivity index (χ4n) is 2.86. The number of hydrogen-bond acceptors (Lipinski definition) is 4. The second-order valence-corrected chi connectivity index (χ2v) is 6.12. The molecule has 24 heavy (non-hydrogen) atoms. The Kier molecular flexibility index (Phi) is 3.78. The van der Waals surface area contributed by atoms with Crippen LogP contribution < -0.4 is 0 Å². The summed E-state index contributed by atoms with van der Waals surface area (Å²) in [5.74, 6) is 0.0448. The molecule has 1 fully saturated rings. The van der Waals surface area contributed by atoms with E-state index in [1.807, 2.05) is 35.0 Å². The van der Waals surface area contributed by atoms with Crippen LogP contribution >= 0.6 is 11.6 Å². The van der Waals surface area contributed by atoms with Gasteiger partial charge in [-0.15, -0.1) is 5.10 Å². The van der Waals surface area contributed by atoms with Crippen molar-refractivity contribution in [3.05, 3.63) is 59.9 Å². The fraction of sp³-hybridized carbons (Fsp3) is 0.250. The van der Waals surface area contributed by atoms with E-state index in [0.29, 0.717) is 18.1 Å². The number of benzene rings is 1. The summed E-state index contributed by atoms with van der Waals surface area (Å²) in [5.41, 5.74) is 0.870. The number of amides is 1. The normalized spacial score (nSPS) is 17.4. The van der Waals surface area contributed by atoms with Gasteiger partial charge in [0.2, 0.25) is 5.82 Å². The van der Waals surface area contributed by atoms with E-state index in [4.69, 9.17) is 11.6 Å². The molecule has 0 saturated carbocycles. The van der Waals surface area contributed by atoms with Crippen molar-refractivity contribution in [3.8, 4) is 5.69 Å². The van der Waals surface area contributed by atoms with Crippen molar-refractivity contribution in [1.29, 1.82) is 0 Å². The minimum absolute atomic E-state index is 0.137. The Morgan fingerprint density at radius 3 is 2.83 bits per heavy atom. The van der Waals surface area contributed by atoms with Crippen LogP contribution in [0.1, 0.15) is 23.1 Å². The van der Waals surface area contributed by atoms with Gasteiger partial charge in [-0.3, -0.25) is 9.48 Å². The van der Waals surface area contributed by atoms with Crippen molar-refractivity contribution in [2.24, 2.45) is 0 Å². The van der Waals surface area contributed by atoms with E-state index in [0.717, 1.165) is 12.1 Å².